The summed E-state index contributed by atoms with van der Waals surface area (Å²) in [6.45, 7) is 2.91. The molecule has 37 heavy (non-hydrogen) atoms. The molecule has 194 valence electrons. The van der Waals surface area contributed by atoms with E-state index in [-0.39, 0.29) is 36.8 Å². The van der Waals surface area contributed by atoms with Gasteiger partial charge >= 0.3 is 0 Å². The average molecular weight is 506 g/mol. The fraction of sp³-hybridized carbons (Fsp3) is 0.444. The summed E-state index contributed by atoms with van der Waals surface area (Å²) in [7, 11) is 0. The second-order valence-electron chi connectivity index (χ2n) is 10.1. The molecule has 0 saturated heterocycles. The maximum atomic E-state index is 11.6. The van der Waals surface area contributed by atoms with E-state index in [0.29, 0.717) is 30.6 Å². The van der Waals surface area contributed by atoms with E-state index in [1.165, 1.54) is 0 Å². The molecule has 4 N–H and O–H groups in total. The van der Waals surface area contributed by atoms with Gasteiger partial charge in [0.2, 0.25) is 0 Å². The van der Waals surface area contributed by atoms with Crippen LogP contribution in [0.4, 0.5) is 11.5 Å². The van der Waals surface area contributed by atoms with Gasteiger partial charge in [-0.15, -0.1) is 0 Å². The first-order valence-corrected chi connectivity index (χ1v) is 12.8. The first-order valence-electron chi connectivity index (χ1n) is 12.8. The van der Waals surface area contributed by atoms with Crippen molar-refractivity contribution in [1.82, 2.24) is 15.3 Å². The topological polar surface area (TPSA) is 129 Å². The fourth-order valence-electron chi connectivity index (χ4n) is 5.79. The standard InChI is InChI=1S/C27H31N5O5/c33-14-17-9-16(1-4-21(17)28-11-18-2-6-23-27(30-18)31-25(35)15-37-23)13-32-7-8-36-24-12-29-22-5-3-19(34)10-20(22)26(24)32/h2-3,5-6,10,12,16-17,21,28,33-34H,1,4,7-9,11,13-15H2,(H,30,31,35)/t16?,17-,21-/m1/s1. The van der Waals surface area contributed by atoms with Gasteiger partial charge in [0.1, 0.15) is 12.4 Å². The molecule has 2 aliphatic heterocycles. The van der Waals surface area contributed by atoms with Crippen molar-refractivity contribution >= 4 is 28.3 Å². The molecule has 10 nitrogen and oxygen atoms in total. The van der Waals surface area contributed by atoms with Crippen LogP contribution in [-0.2, 0) is 11.3 Å². The molecule has 1 aliphatic carbocycles. The van der Waals surface area contributed by atoms with Crippen molar-refractivity contribution in [3.05, 3.63) is 42.2 Å². The highest BCUT2D eigenvalue weighted by molar-refractivity contribution is 5.96. The number of aliphatic hydroxyl groups is 1. The summed E-state index contributed by atoms with van der Waals surface area (Å²) in [5, 5.41) is 27.5. The summed E-state index contributed by atoms with van der Waals surface area (Å²) in [5.41, 5.74) is 2.63. The van der Waals surface area contributed by atoms with Crippen molar-refractivity contribution in [3.8, 4) is 17.2 Å². The van der Waals surface area contributed by atoms with Gasteiger partial charge in [-0.05, 0) is 61.4 Å². The minimum absolute atomic E-state index is 0.0132. The van der Waals surface area contributed by atoms with E-state index in [1.807, 2.05) is 18.2 Å². The Labute approximate surface area is 214 Å². The van der Waals surface area contributed by atoms with Gasteiger partial charge in [0.25, 0.3) is 5.91 Å². The van der Waals surface area contributed by atoms with Crippen LogP contribution >= 0.6 is 0 Å². The van der Waals surface area contributed by atoms with Crippen LogP contribution < -0.4 is 25.0 Å². The highest BCUT2D eigenvalue weighted by Gasteiger charge is 2.32. The molecule has 3 aromatic rings. The Morgan fingerprint density at radius 3 is 2.97 bits per heavy atom. The normalized spacial score (nSPS) is 23.0. The zero-order valence-corrected chi connectivity index (χ0v) is 20.5. The predicted octanol–water partition coefficient (Wildman–Crippen LogP) is 2.43. The van der Waals surface area contributed by atoms with E-state index in [9.17, 15) is 15.0 Å². The maximum Gasteiger partial charge on any atom is 0.263 e. The molecule has 0 radical (unpaired) electrons. The van der Waals surface area contributed by atoms with E-state index in [2.05, 4.69) is 25.5 Å². The first-order chi connectivity index (χ1) is 18.1. The summed E-state index contributed by atoms with van der Waals surface area (Å²) in [5.74, 6) is 2.36. The van der Waals surface area contributed by atoms with Gasteiger partial charge in [0.05, 0.1) is 29.6 Å². The number of phenols is 1. The number of carbonyl (C=O) groups excluding carboxylic acids is 1. The number of aromatic nitrogens is 2. The van der Waals surface area contributed by atoms with Gasteiger partial charge in [-0.25, -0.2) is 4.98 Å². The number of hydrogen-bond acceptors (Lipinski definition) is 9. The van der Waals surface area contributed by atoms with Crippen LogP contribution in [0.1, 0.15) is 25.0 Å². The largest absolute Gasteiger partial charge is 0.508 e. The van der Waals surface area contributed by atoms with E-state index >= 15 is 0 Å². The zero-order valence-electron chi connectivity index (χ0n) is 20.5. The number of nitrogens with zero attached hydrogens (tertiary/aromatic N) is 3. The lowest BCUT2D eigenvalue weighted by Crippen LogP contribution is -2.45. The molecular formula is C27H31N5O5. The van der Waals surface area contributed by atoms with Crippen molar-refractivity contribution < 1.29 is 24.5 Å². The molecule has 2 aromatic heterocycles. The zero-order chi connectivity index (χ0) is 25.4. The number of rotatable bonds is 6. The minimum atomic E-state index is -0.201. The van der Waals surface area contributed by atoms with E-state index < -0.39 is 0 Å². The Hall–Kier alpha value is -3.63. The van der Waals surface area contributed by atoms with E-state index in [1.54, 1.807) is 18.3 Å². The van der Waals surface area contributed by atoms with Crippen LogP contribution in [0.25, 0.3) is 10.9 Å². The molecule has 1 amide bonds. The van der Waals surface area contributed by atoms with Gasteiger partial charge in [0.15, 0.2) is 23.9 Å². The number of carbonyl (C=O) groups is 1. The number of nitrogens with one attached hydrogen (secondary N) is 2. The number of benzene rings is 1. The number of pyridine rings is 2. The molecule has 0 bridgehead atoms. The van der Waals surface area contributed by atoms with Crippen molar-refractivity contribution in [2.45, 2.75) is 31.8 Å². The lowest BCUT2D eigenvalue weighted by Gasteiger charge is -2.40. The highest BCUT2D eigenvalue weighted by atomic mass is 16.5. The minimum Gasteiger partial charge on any atom is -0.508 e. The van der Waals surface area contributed by atoms with Gasteiger partial charge in [-0.2, -0.15) is 0 Å². The van der Waals surface area contributed by atoms with Crippen LogP contribution in [-0.4, -0.2) is 65.0 Å². The number of fused-ring (bicyclic) bond motifs is 4. The summed E-state index contributed by atoms with van der Waals surface area (Å²) in [6, 6.07) is 9.15. The van der Waals surface area contributed by atoms with E-state index in [0.717, 1.165) is 60.4 Å². The first kappa shape index (κ1) is 23.7. The van der Waals surface area contributed by atoms with Crippen molar-refractivity contribution in [3.63, 3.8) is 0 Å². The monoisotopic (exact) mass is 505 g/mol. The average Bonchev–Trinajstić information content (AvgIpc) is 2.91. The van der Waals surface area contributed by atoms with E-state index in [4.69, 9.17) is 9.47 Å². The number of phenolic OH excluding ortho intramolecular Hbond substituents is 1. The summed E-state index contributed by atoms with van der Waals surface area (Å²) in [4.78, 5) is 23.0. The summed E-state index contributed by atoms with van der Waals surface area (Å²) < 4.78 is 11.3. The third-order valence-electron chi connectivity index (χ3n) is 7.61. The third kappa shape index (κ3) is 4.86. The predicted molar refractivity (Wildman–Crippen MR) is 138 cm³/mol. The Kier molecular flexibility index (Phi) is 6.43. The van der Waals surface area contributed by atoms with Crippen molar-refractivity contribution in [2.24, 2.45) is 11.8 Å². The molecule has 6 rings (SSSR count). The highest BCUT2D eigenvalue weighted by Crippen LogP contribution is 2.40. The summed E-state index contributed by atoms with van der Waals surface area (Å²) >= 11 is 0. The molecule has 1 unspecified atom stereocenters. The van der Waals surface area contributed by atoms with Crippen molar-refractivity contribution in [2.75, 3.05) is 43.1 Å². The second-order valence-corrected chi connectivity index (χ2v) is 10.1. The molecule has 10 heteroatoms. The third-order valence-corrected chi connectivity index (χ3v) is 7.61. The van der Waals surface area contributed by atoms with Crippen LogP contribution in [0, 0.1) is 11.8 Å². The van der Waals surface area contributed by atoms with Gasteiger partial charge in [-0.3, -0.25) is 9.78 Å². The van der Waals surface area contributed by atoms with Crippen LogP contribution in [0.2, 0.25) is 0 Å². The molecular weight excluding hydrogens is 474 g/mol. The number of aromatic hydroxyl groups is 1. The maximum absolute atomic E-state index is 11.6. The number of hydrogen-bond donors (Lipinski definition) is 4. The quantitative estimate of drug-likeness (QED) is 0.399. The molecule has 4 heterocycles. The van der Waals surface area contributed by atoms with Crippen LogP contribution in [0.3, 0.4) is 0 Å². The van der Waals surface area contributed by atoms with Gasteiger partial charge < -0.3 is 35.2 Å². The molecule has 0 spiro atoms. The summed E-state index contributed by atoms with van der Waals surface area (Å²) in [6.07, 6.45) is 4.67. The molecule has 1 aromatic carbocycles. The lowest BCUT2D eigenvalue weighted by atomic mass is 9.78. The number of amides is 1. The Balaban J connectivity index is 1.11. The molecule has 3 atom stereocenters. The second kappa shape index (κ2) is 10.0. The number of ether oxygens (including phenoxy) is 2. The van der Waals surface area contributed by atoms with Crippen LogP contribution in [0.15, 0.2) is 36.5 Å². The van der Waals surface area contributed by atoms with Gasteiger partial charge in [-0.1, -0.05) is 0 Å². The molecule has 3 aliphatic rings. The lowest BCUT2D eigenvalue weighted by molar-refractivity contribution is -0.118. The number of aliphatic hydroxyl groups excluding tert-OH is 1. The van der Waals surface area contributed by atoms with Crippen LogP contribution in [0.5, 0.6) is 17.2 Å². The molecule has 1 fully saturated rings. The molecule has 1 saturated carbocycles. The Morgan fingerprint density at radius 2 is 2.08 bits per heavy atom. The fourth-order valence-corrected chi connectivity index (χ4v) is 5.79. The Morgan fingerprint density at radius 1 is 1.16 bits per heavy atom. The Bertz CT molecular complexity index is 1320. The smallest absolute Gasteiger partial charge is 0.263 e. The SMILES string of the molecule is O=C1COc2ccc(CN[C@@H]3CCC(CN4CCOc5cnc6ccc(O)cc6c54)C[C@@H]3CO)nc2N1. The van der Waals surface area contributed by atoms with Crippen molar-refractivity contribution in [1.29, 1.82) is 0 Å². The van der Waals surface area contributed by atoms with Gasteiger partial charge in [0, 0.05) is 31.1 Å². The number of anilines is 2.